The van der Waals surface area contributed by atoms with E-state index < -0.39 is 6.10 Å². The Kier molecular flexibility index (Phi) is 3.64. The molecule has 1 aromatic rings. The molecule has 2 atom stereocenters. The number of nitrogens with two attached hydrogens (primary N) is 1. The lowest BCUT2D eigenvalue weighted by atomic mass is 9.98. The fraction of sp³-hybridized carbons (Fsp3) is 0.600. The predicted molar refractivity (Wildman–Crippen MR) is 72.7 cm³/mol. The summed E-state index contributed by atoms with van der Waals surface area (Å²) in [5, 5.41) is 10.0. The molecule has 2 rings (SSSR count). The first kappa shape index (κ1) is 13.4. The van der Waals surface area contributed by atoms with Gasteiger partial charge in [0, 0.05) is 6.04 Å². The molecule has 0 spiro atoms. The molecule has 1 aromatic carbocycles. The summed E-state index contributed by atoms with van der Waals surface area (Å²) in [6.45, 7) is 6.05. The van der Waals surface area contributed by atoms with E-state index >= 15 is 0 Å². The van der Waals surface area contributed by atoms with Gasteiger partial charge in [-0.05, 0) is 63.3 Å². The number of rotatable bonds is 2. The van der Waals surface area contributed by atoms with Gasteiger partial charge in [-0.15, -0.1) is 0 Å². The lowest BCUT2D eigenvalue weighted by Gasteiger charge is -2.25. The first-order valence-corrected chi connectivity index (χ1v) is 6.64. The molecule has 18 heavy (non-hydrogen) atoms. The molecule has 0 aliphatic carbocycles. The van der Waals surface area contributed by atoms with Gasteiger partial charge in [0.15, 0.2) is 0 Å². The second kappa shape index (κ2) is 4.90. The molecule has 0 amide bonds. The van der Waals surface area contributed by atoms with Gasteiger partial charge in [0.1, 0.15) is 11.4 Å². The minimum absolute atomic E-state index is 0.105. The van der Waals surface area contributed by atoms with E-state index in [4.69, 9.17) is 10.5 Å². The van der Waals surface area contributed by atoms with Gasteiger partial charge in [-0.25, -0.2) is 0 Å². The zero-order chi connectivity index (χ0) is 13.3. The lowest BCUT2D eigenvalue weighted by molar-refractivity contribution is 0.103. The van der Waals surface area contributed by atoms with Crippen molar-refractivity contribution >= 4 is 0 Å². The minimum atomic E-state index is -0.605. The van der Waals surface area contributed by atoms with Crippen LogP contribution in [0, 0.1) is 0 Å². The highest BCUT2D eigenvalue weighted by Crippen LogP contribution is 2.33. The number of hydrogen-bond acceptors (Lipinski definition) is 3. The SMILES string of the molecule is CC(N)C(O)c1ccc2c(c1)CCCC(C)(C)O2. The summed E-state index contributed by atoms with van der Waals surface area (Å²) >= 11 is 0. The molecule has 0 fully saturated rings. The van der Waals surface area contributed by atoms with E-state index in [1.54, 1.807) is 0 Å². The highest BCUT2D eigenvalue weighted by atomic mass is 16.5. The van der Waals surface area contributed by atoms with Crippen LogP contribution in [0.1, 0.15) is 50.8 Å². The van der Waals surface area contributed by atoms with Crippen molar-refractivity contribution in [1.29, 1.82) is 0 Å². The molecule has 1 aliphatic rings. The van der Waals surface area contributed by atoms with E-state index in [1.807, 2.05) is 25.1 Å². The maximum atomic E-state index is 10.0. The molecule has 0 radical (unpaired) electrons. The number of hydrogen-bond donors (Lipinski definition) is 2. The van der Waals surface area contributed by atoms with Gasteiger partial charge in [0.2, 0.25) is 0 Å². The summed E-state index contributed by atoms with van der Waals surface area (Å²) < 4.78 is 6.03. The summed E-state index contributed by atoms with van der Waals surface area (Å²) in [7, 11) is 0. The third-order valence-electron chi connectivity index (χ3n) is 3.54. The zero-order valence-electron chi connectivity index (χ0n) is 11.4. The van der Waals surface area contributed by atoms with Gasteiger partial charge in [-0.1, -0.05) is 6.07 Å². The van der Waals surface area contributed by atoms with Crippen LogP contribution in [0.5, 0.6) is 5.75 Å². The molecule has 2 unspecified atom stereocenters. The van der Waals surface area contributed by atoms with Crippen LogP contribution in [-0.2, 0) is 6.42 Å². The van der Waals surface area contributed by atoms with Crippen LogP contribution in [0.25, 0.3) is 0 Å². The Bertz CT molecular complexity index is 427. The third kappa shape index (κ3) is 2.85. The summed E-state index contributed by atoms with van der Waals surface area (Å²) in [6, 6.07) is 5.65. The van der Waals surface area contributed by atoms with Crippen molar-refractivity contribution in [3.8, 4) is 5.75 Å². The van der Waals surface area contributed by atoms with Gasteiger partial charge in [-0.3, -0.25) is 0 Å². The highest BCUT2D eigenvalue weighted by Gasteiger charge is 2.25. The van der Waals surface area contributed by atoms with Crippen molar-refractivity contribution in [2.45, 2.75) is 57.8 Å². The Morgan fingerprint density at radius 2 is 2.11 bits per heavy atom. The monoisotopic (exact) mass is 249 g/mol. The normalized spacial score (nSPS) is 21.4. The first-order valence-electron chi connectivity index (χ1n) is 6.64. The van der Waals surface area contributed by atoms with Gasteiger partial charge in [-0.2, -0.15) is 0 Å². The number of aliphatic hydroxyl groups excluding tert-OH is 1. The second-order valence-corrected chi connectivity index (χ2v) is 5.89. The zero-order valence-corrected chi connectivity index (χ0v) is 11.4. The average Bonchev–Trinajstić information content (AvgIpc) is 2.43. The van der Waals surface area contributed by atoms with E-state index in [1.165, 1.54) is 5.56 Å². The molecule has 0 saturated heterocycles. The molecule has 0 bridgehead atoms. The van der Waals surface area contributed by atoms with Gasteiger partial charge in [0.05, 0.1) is 6.10 Å². The van der Waals surface area contributed by atoms with Crippen molar-refractivity contribution in [3.63, 3.8) is 0 Å². The molecule has 0 saturated carbocycles. The van der Waals surface area contributed by atoms with E-state index in [-0.39, 0.29) is 11.6 Å². The van der Waals surface area contributed by atoms with Gasteiger partial charge >= 0.3 is 0 Å². The second-order valence-electron chi connectivity index (χ2n) is 5.89. The van der Waals surface area contributed by atoms with Crippen molar-refractivity contribution in [2.24, 2.45) is 5.73 Å². The standard InChI is InChI=1S/C15H23NO2/c1-10(16)14(17)12-6-7-13-11(9-12)5-4-8-15(2,3)18-13/h6-7,9-10,14,17H,4-5,8,16H2,1-3H3. The van der Waals surface area contributed by atoms with Crippen LogP contribution in [0.3, 0.4) is 0 Å². The number of benzene rings is 1. The summed E-state index contributed by atoms with van der Waals surface area (Å²) in [5.74, 6) is 0.943. The highest BCUT2D eigenvalue weighted by molar-refractivity contribution is 5.39. The average molecular weight is 249 g/mol. The molecule has 3 N–H and O–H groups in total. The van der Waals surface area contributed by atoms with E-state index in [9.17, 15) is 5.11 Å². The smallest absolute Gasteiger partial charge is 0.123 e. The van der Waals surface area contributed by atoms with Crippen LogP contribution in [0.4, 0.5) is 0 Å². The Hall–Kier alpha value is -1.06. The van der Waals surface area contributed by atoms with Crippen LogP contribution < -0.4 is 10.5 Å². The molecular weight excluding hydrogens is 226 g/mol. The minimum Gasteiger partial charge on any atom is -0.488 e. The summed E-state index contributed by atoms with van der Waals surface area (Å²) in [5.41, 5.74) is 7.69. The Balaban J connectivity index is 2.30. The van der Waals surface area contributed by atoms with Crippen LogP contribution in [0.15, 0.2) is 18.2 Å². The summed E-state index contributed by atoms with van der Waals surface area (Å²) in [6.07, 6.45) is 2.55. The van der Waals surface area contributed by atoms with Crippen LogP contribution in [0.2, 0.25) is 0 Å². The van der Waals surface area contributed by atoms with Crippen LogP contribution in [-0.4, -0.2) is 16.7 Å². The molecule has 1 aliphatic heterocycles. The summed E-state index contributed by atoms with van der Waals surface area (Å²) in [4.78, 5) is 0. The Labute approximate surface area is 109 Å². The maximum Gasteiger partial charge on any atom is 0.123 e. The van der Waals surface area contributed by atoms with Gasteiger partial charge in [0.25, 0.3) is 0 Å². The third-order valence-corrected chi connectivity index (χ3v) is 3.54. The van der Waals surface area contributed by atoms with E-state index in [2.05, 4.69) is 13.8 Å². The van der Waals surface area contributed by atoms with Crippen molar-refractivity contribution in [2.75, 3.05) is 0 Å². The largest absolute Gasteiger partial charge is 0.488 e. The number of fused-ring (bicyclic) bond motifs is 1. The molecular formula is C15H23NO2. The maximum absolute atomic E-state index is 10.0. The van der Waals surface area contributed by atoms with Crippen molar-refractivity contribution < 1.29 is 9.84 Å². The fourth-order valence-corrected chi connectivity index (χ4v) is 2.44. The molecule has 100 valence electrons. The van der Waals surface area contributed by atoms with E-state index in [0.29, 0.717) is 0 Å². The van der Waals surface area contributed by atoms with Crippen LogP contribution >= 0.6 is 0 Å². The van der Waals surface area contributed by atoms with Crippen molar-refractivity contribution in [3.05, 3.63) is 29.3 Å². The Morgan fingerprint density at radius 1 is 1.39 bits per heavy atom. The molecule has 1 heterocycles. The molecule has 3 heteroatoms. The fourth-order valence-electron chi connectivity index (χ4n) is 2.44. The topological polar surface area (TPSA) is 55.5 Å². The first-order chi connectivity index (χ1) is 8.39. The number of aliphatic hydroxyl groups is 1. The lowest BCUT2D eigenvalue weighted by Crippen LogP contribution is -2.27. The van der Waals surface area contributed by atoms with Gasteiger partial charge < -0.3 is 15.6 Å². The number of ether oxygens (including phenoxy) is 1. The Morgan fingerprint density at radius 3 is 2.78 bits per heavy atom. The molecule has 3 nitrogen and oxygen atoms in total. The van der Waals surface area contributed by atoms with Crippen molar-refractivity contribution in [1.82, 2.24) is 0 Å². The molecule has 0 aromatic heterocycles. The quantitative estimate of drug-likeness (QED) is 0.847. The predicted octanol–water partition coefficient (Wildman–Crippen LogP) is 2.56. The number of aryl methyl sites for hydroxylation is 1. The van der Waals surface area contributed by atoms with E-state index in [0.717, 1.165) is 30.6 Å².